The van der Waals surface area contributed by atoms with Crippen molar-refractivity contribution in [3.63, 3.8) is 0 Å². The van der Waals surface area contributed by atoms with Crippen molar-refractivity contribution in [2.75, 3.05) is 32.7 Å². The highest BCUT2D eigenvalue weighted by Crippen LogP contribution is 2.25. The van der Waals surface area contributed by atoms with Gasteiger partial charge in [0, 0.05) is 12.0 Å². The Kier molecular flexibility index (Phi) is 14.0. The van der Waals surface area contributed by atoms with Gasteiger partial charge in [0.05, 0.1) is 5.69 Å². The molecule has 0 amide bonds. The standard InChI is InChI=1S/C27H34N6O.2C2HF3O2/c34-27(25-8-7-22-9-13-28-14-10-23(22)19-25)6-3-15-32-16-11-21(12-17-32)18-24-4-1-2-5-26(24)33-20-29-30-31-33;2*3-2(4,5)1(6)7/h1-2,4-5,7-8,19-21,28H,3,6,9-18H2;2*(H,6,7). The van der Waals surface area contributed by atoms with Gasteiger partial charge in [0.25, 0.3) is 0 Å². The number of alkyl halides is 6. The number of Topliss-reactive ketones (excluding diaryl/α,β-unsaturated/α-hetero) is 1. The Hall–Kier alpha value is -4.38. The summed E-state index contributed by atoms with van der Waals surface area (Å²) in [5.41, 5.74) is 6.00. The highest BCUT2D eigenvalue weighted by atomic mass is 19.4. The van der Waals surface area contributed by atoms with E-state index in [1.165, 1.54) is 29.5 Å². The van der Waals surface area contributed by atoms with E-state index in [0.717, 1.165) is 69.7 Å². The van der Waals surface area contributed by atoms with Crippen molar-refractivity contribution in [3.05, 3.63) is 71.0 Å². The van der Waals surface area contributed by atoms with Crippen LogP contribution in [-0.4, -0.2) is 98.1 Å². The number of halogens is 6. The van der Waals surface area contributed by atoms with Gasteiger partial charge in [-0.3, -0.25) is 4.79 Å². The molecule has 11 nitrogen and oxygen atoms in total. The molecule has 1 aromatic heterocycles. The molecule has 3 N–H and O–H groups in total. The Labute approximate surface area is 271 Å². The second kappa shape index (κ2) is 17.7. The van der Waals surface area contributed by atoms with Crippen molar-refractivity contribution < 1.29 is 50.9 Å². The maximum atomic E-state index is 12.8. The van der Waals surface area contributed by atoms with Gasteiger partial charge < -0.3 is 20.4 Å². The zero-order chi connectivity index (χ0) is 35.3. The number of hydrogen-bond donors (Lipinski definition) is 3. The van der Waals surface area contributed by atoms with Gasteiger partial charge in [-0.1, -0.05) is 30.3 Å². The summed E-state index contributed by atoms with van der Waals surface area (Å²) in [5.74, 6) is -4.56. The van der Waals surface area contributed by atoms with E-state index in [9.17, 15) is 31.1 Å². The van der Waals surface area contributed by atoms with Gasteiger partial charge >= 0.3 is 24.3 Å². The summed E-state index contributed by atoms with van der Waals surface area (Å²) in [4.78, 5) is 33.1. The van der Waals surface area contributed by atoms with Gasteiger partial charge in [-0.2, -0.15) is 26.3 Å². The summed E-state index contributed by atoms with van der Waals surface area (Å²) in [7, 11) is 0. The lowest BCUT2D eigenvalue weighted by Crippen LogP contribution is -2.35. The molecule has 17 heteroatoms. The number of ketones is 1. The Morgan fingerprint density at radius 3 is 2.06 bits per heavy atom. The number of hydrogen-bond acceptors (Lipinski definition) is 8. The number of nitrogens with zero attached hydrogens (tertiary/aromatic N) is 5. The second-order valence-corrected chi connectivity index (χ2v) is 11.2. The number of fused-ring (bicyclic) bond motifs is 1. The number of para-hydroxylation sites is 1. The molecule has 0 atom stereocenters. The average molecular weight is 687 g/mol. The monoisotopic (exact) mass is 686 g/mol. The fourth-order valence-corrected chi connectivity index (χ4v) is 5.36. The summed E-state index contributed by atoms with van der Waals surface area (Å²) >= 11 is 0. The summed E-state index contributed by atoms with van der Waals surface area (Å²) in [6, 6.07) is 14.7. The van der Waals surface area contributed by atoms with Crippen LogP contribution in [0, 0.1) is 5.92 Å². The smallest absolute Gasteiger partial charge is 0.475 e. The summed E-state index contributed by atoms with van der Waals surface area (Å²) < 4.78 is 65.2. The largest absolute Gasteiger partial charge is 0.490 e. The van der Waals surface area contributed by atoms with Crippen LogP contribution < -0.4 is 5.32 Å². The average Bonchev–Trinajstić information content (AvgIpc) is 3.47. The molecule has 48 heavy (non-hydrogen) atoms. The molecule has 0 aliphatic carbocycles. The van der Waals surface area contributed by atoms with Crippen molar-refractivity contribution in [1.82, 2.24) is 30.4 Å². The zero-order valence-corrected chi connectivity index (χ0v) is 25.8. The number of likely N-dealkylation sites (tertiary alicyclic amines) is 1. The van der Waals surface area contributed by atoms with Crippen LogP contribution in [0.15, 0.2) is 48.8 Å². The fraction of sp³-hybridized carbons (Fsp3) is 0.484. The third-order valence-electron chi connectivity index (χ3n) is 7.84. The van der Waals surface area contributed by atoms with Crippen LogP contribution in [0.2, 0.25) is 0 Å². The van der Waals surface area contributed by atoms with Crippen LogP contribution in [0.25, 0.3) is 5.69 Å². The van der Waals surface area contributed by atoms with Crippen LogP contribution in [0.5, 0.6) is 0 Å². The number of aliphatic carboxylic acids is 2. The maximum absolute atomic E-state index is 12.8. The molecule has 0 spiro atoms. The summed E-state index contributed by atoms with van der Waals surface area (Å²) in [6.07, 6.45) is -1.43. The van der Waals surface area contributed by atoms with Gasteiger partial charge in [0.2, 0.25) is 0 Å². The van der Waals surface area contributed by atoms with Gasteiger partial charge in [-0.05, 0) is 116 Å². The first kappa shape index (κ1) is 38.1. The highest BCUT2D eigenvalue weighted by Gasteiger charge is 2.38. The van der Waals surface area contributed by atoms with Gasteiger partial charge in [-0.15, -0.1) is 5.10 Å². The van der Waals surface area contributed by atoms with Crippen molar-refractivity contribution in [2.45, 2.75) is 57.3 Å². The molecule has 0 saturated carbocycles. The van der Waals surface area contributed by atoms with E-state index < -0.39 is 24.3 Å². The molecule has 5 rings (SSSR count). The number of carboxylic acid groups (broad SMARTS) is 2. The minimum Gasteiger partial charge on any atom is -0.475 e. The predicted molar refractivity (Wildman–Crippen MR) is 160 cm³/mol. The lowest BCUT2D eigenvalue weighted by atomic mass is 9.89. The molecule has 1 fully saturated rings. The first-order chi connectivity index (χ1) is 22.6. The molecule has 0 unspecified atom stereocenters. The lowest BCUT2D eigenvalue weighted by Gasteiger charge is -2.32. The Bertz CT molecular complexity index is 1470. The number of aromatic nitrogens is 4. The van der Waals surface area contributed by atoms with Crippen molar-refractivity contribution >= 4 is 17.7 Å². The normalized spacial score (nSPS) is 15.5. The van der Waals surface area contributed by atoms with Crippen LogP contribution in [0.1, 0.15) is 52.7 Å². The van der Waals surface area contributed by atoms with Crippen molar-refractivity contribution in [3.8, 4) is 5.69 Å². The molecule has 0 bridgehead atoms. The quantitative estimate of drug-likeness (QED) is 0.228. The van der Waals surface area contributed by atoms with Gasteiger partial charge in [0.15, 0.2) is 5.78 Å². The van der Waals surface area contributed by atoms with E-state index >= 15 is 0 Å². The molecule has 3 heterocycles. The fourth-order valence-electron chi connectivity index (χ4n) is 5.36. The van der Waals surface area contributed by atoms with E-state index in [1.807, 2.05) is 12.1 Å². The molecular formula is C31H36F6N6O5. The van der Waals surface area contributed by atoms with E-state index in [0.29, 0.717) is 12.3 Å². The number of carbonyl (C=O) groups is 3. The predicted octanol–water partition coefficient (Wildman–Crippen LogP) is 4.53. The van der Waals surface area contributed by atoms with Crippen molar-refractivity contribution in [1.29, 1.82) is 0 Å². The first-order valence-corrected chi connectivity index (χ1v) is 15.1. The topological polar surface area (TPSA) is 151 Å². The number of nitrogens with one attached hydrogen (secondary N) is 1. The molecule has 1 saturated heterocycles. The van der Waals surface area contributed by atoms with E-state index in [1.54, 1.807) is 11.0 Å². The minimum atomic E-state index is -5.08. The Morgan fingerprint density at radius 1 is 0.875 bits per heavy atom. The van der Waals surface area contributed by atoms with E-state index in [2.05, 4.69) is 56.1 Å². The zero-order valence-electron chi connectivity index (χ0n) is 25.8. The molecule has 2 aliphatic rings. The van der Waals surface area contributed by atoms with Crippen molar-refractivity contribution in [2.24, 2.45) is 5.92 Å². The number of carbonyl (C=O) groups excluding carboxylic acids is 1. The first-order valence-electron chi connectivity index (χ1n) is 15.1. The number of rotatable bonds is 8. The Morgan fingerprint density at radius 2 is 1.48 bits per heavy atom. The molecule has 2 aliphatic heterocycles. The van der Waals surface area contributed by atoms with Gasteiger partial charge in [-0.25, -0.2) is 14.3 Å². The summed E-state index contributed by atoms with van der Waals surface area (Å²) in [6.45, 7) is 5.26. The molecular weight excluding hydrogens is 650 g/mol. The van der Waals surface area contributed by atoms with E-state index in [4.69, 9.17) is 19.8 Å². The summed E-state index contributed by atoms with van der Waals surface area (Å²) in [5, 5.41) is 29.3. The molecule has 0 radical (unpaired) electrons. The third kappa shape index (κ3) is 12.3. The molecule has 2 aromatic carbocycles. The van der Waals surface area contributed by atoms with Crippen LogP contribution in [0.3, 0.4) is 0 Å². The number of tetrazole rings is 1. The number of carboxylic acids is 2. The minimum absolute atomic E-state index is 0.286. The third-order valence-corrected chi connectivity index (χ3v) is 7.84. The number of piperidine rings is 1. The van der Waals surface area contributed by atoms with Crippen LogP contribution in [0.4, 0.5) is 26.3 Å². The molecule has 262 valence electrons. The van der Waals surface area contributed by atoms with Crippen LogP contribution in [-0.2, 0) is 28.9 Å². The molecule has 3 aromatic rings. The van der Waals surface area contributed by atoms with Gasteiger partial charge in [0.1, 0.15) is 6.33 Å². The van der Waals surface area contributed by atoms with E-state index in [-0.39, 0.29) is 5.78 Å². The number of benzene rings is 2. The second-order valence-electron chi connectivity index (χ2n) is 11.2. The maximum Gasteiger partial charge on any atom is 0.490 e. The SMILES string of the molecule is O=C(CCCN1CCC(Cc2ccccc2-n2cnnn2)CC1)c1ccc2c(c1)CCNCC2.O=C(O)C(F)(F)F.O=C(O)C(F)(F)F. The highest BCUT2D eigenvalue weighted by molar-refractivity contribution is 5.96. The van der Waals surface area contributed by atoms with Crippen LogP contribution >= 0.6 is 0 Å². The Balaban J connectivity index is 0.000000376. The lowest BCUT2D eigenvalue weighted by molar-refractivity contribution is -0.193.